The van der Waals surface area contributed by atoms with Crippen LogP contribution in [0.4, 0.5) is 0 Å². The molecule has 2 aromatic carbocycles. The number of hydrogen-bond donors (Lipinski definition) is 1. The van der Waals surface area contributed by atoms with E-state index < -0.39 is 0 Å². The predicted octanol–water partition coefficient (Wildman–Crippen LogP) is 4.74. The Kier molecular flexibility index (Phi) is 5.20. The zero-order valence-corrected chi connectivity index (χ0v) is 19.0. The molecule has 2 amide bonds. The summed E-state index contributed by atoms with van der Waals surface area (Å²) in [5.41, 5.74) is 4.39. The number of H-pyrrole nitrogens is 1. The van der Waals surface area contributed by atoms with Gasteiger partial charge in [0.25, 0.3) is 5.91 Å². The van der Waals surface area contributed by atoms with Gasteiger partial charge in [-0.3, -0.25) is 9.59 Å². The summed E-state index contributed by atoms with van der Waals surface area (Å²) in [7, 11) is 0. The summed E-state index contributed by atoms with van der Waals surface area (Å²) >= 11 is 0. The summed E-state index contributed by atoms with van der Waals surface area (Å²) in [6.07, 6.45) is 6.02. The molecular formula is C28H31N3O2. The fourth-order valence-corrected chi connectivity index (χ4v) is 6.49. The Morgan fingerprint density at radius 3 is 2.58 bits per heavy atom. The second-order valence-electron chi connectivity index (χ2n) is 9.91. The van der Waals surface area contributed by atoms with Crippen molar-refractivity contribution in [2.24, 2.45) is 5.92 Å². The van der Waals surface area contributed by atoms with Gasteiger partial charge in [-0.2, -0.15) is 0 Å². The number of nitrogens with zero attached hydrogens (tertiary/aromatic N) is 2. The molecular weight excluding hydrogens is 410 g/mol. The van der Waals surface area contributed by atoms with Crippen LogP contribution in [0, 0.1) is 5.92 Å². The van der Waals surface area contributed by atoms with E-state index in [2.05, 4.69) is 34.1 Å². The van der Waals surface area contributed by atoms with Crippen molar-refractivity contribution in [1.82, 2.24) is 14.8 Å². The Labute approximate surface area is 194 Å². The normalized spacial score (nSPS) is 24.9. The lowest BCUT2D eigenvalue weighted by Crippen LogP contribution is -2.57. The third-order valence-corrected chi connectivity index (χ3v) is 8.07. The van der Waals surface area contributed by atoms with E-state index >= 15 is 0 Å². The molecule has 6 rings (SSSR count). The number of benzene rings is 2. The number of fused-ring (bicyclic) bond motifs is 4. The van der Waals surface area contributed by atoms with Crippen LogP contribution in [0.25, 0.3) is 10.9 Å². The molecule has 1 aromatic heterocycles. The lowest BCUT2D eigenvalue weighted by atomic mass is 9.81. The van der Waals surface area contributed by atoms with Crippen molar-refractivity contribution in [3.05, 3.63) is 71.4 Å². The fraction of sp³-hybridized carbons (Fsp3) is 0.429. The average molecular weight is 442 g/mol. The monoisotopic (exact) mass is 441 g/mol. The second kappa shape index (κ2) is 8.36. The molecule has 5 heteroatoms. The Morgan fingerprint density at radius 1 is 0.879 bits per heavy atom. The second-order valence-corrected chi connectivity index (χ2v) is 9.91. The van der Waals surface area contributed by atoms with E-state index in [4.69, 9.17) is 0 Å². The lowest BCUT2D eigenvalue weighted by Gasteiger charge is -2.48. The lowest BCUT2D eigenvalue weighted by molar-refractivity contribution is -0.140. The number of hydrogen-bond acceptors (Lipinski definition) is 2. The van der Waals surface area contributed by atoms with Crippen molar-refractivity contribution in [3.8, 4) is 0 Å². The highest BCUT2D eigenvalue weighted by Gasteiger charge is 2.42. The molecule has 33 heavy (non-hydrogen) atoms. The van der Waals surface area contributed by atoms with Crippen LogP contribution < -0.4 is 0 Å². The molecule has 2 fully saturated rings. The number of aryl methyl sites for hydroxylation is 1. The fourth-order valence-electron chi connectivity index (χ4n) is 6.49. The third kappa shape index (κ3) is 3.54. The number of rotatable bonds is 2. The molecule has 1 aliphatic carbocycles. The van der Waals surface area contributed by atoms with Crippen LogP contribution >= 0.6 is 0 Å². The molecule has 1 unspecified atom stereocenters. The molecule has 0 saturated carbocycles. The third-order valence-electron chi connectivity index (χ3n) is 8.07. The first-order valence-corrected chi connectivity index (χ1v) is 12.4. The minimum atomic E-state index is -0.0659. The van der Waals surface area contributed by atoms with Gasteiger partial charge in [-0.05, 0) is 68.2 Å². The Hall–Kier alpha value is -3.08. The summed E-state index contributed by atoms with van der Waals surface area (Å²) < 4.78 is 0. The summed E-state index contributed by atoms with van der Waals surface area (Å²) in [6.45, 7) is 2.32. The van der Waals surface area contributed by atoms with Crippen LogP contribution in [0.15, 0.2) is 54.6 Å². The van der Waals surface area contributed by atoms with Gasteiger partial charge < -0.3 is 14.8 Å². The molecule has 1 N–H and O–H groups in total. The Balaban J connectivity index is 1.22. The smallest absolute Gasteiger partial charge is 0.253 e. The number of carbonyl (C=O) groups excluding carboxylic acids is 2. The SMILES string of the molecule is O=C(c1ccccc1)N1CC[C@H]2[C@H](CCCN2C(=O)C2CCCc3c2[nH]c2ccccc32)C1. The Bertz CT molecular complexity index is 1180. The van der Waals surface area contributed by atoms with E-state index in [1.54, 1.807) is 0 Å². The molecule has 3 aromatic rings. The minimum Gasteiger partial charge on any atom is -0.357 e. The number of carbonyl (C=O) groups is 2. The van der Waals surface area contributed by atoms with E-state index in [1.165, 1.54) is 10.9 Å². The summed E-state index contributed by atoms with van der Waals surface area (Å²) in [5, 5.41) is 1.27. The molecule has 170 valence electrons. The van der Waals surface area contributed by atoms with Crippen LogP contribution in [0.1, 0.15) is 59.6 Å². The highest BCUT2D eigenvalue weighted by Crippen LogP contribution is 2.39. The molecule has 0 radical (unpaired) electrons. The quantitative estimate of drug-likeness (QED) is 0.624. The average Bonchev–Trinajstić information content (AvgIpc) is 3.26. The van der Waals surface area contributed by atoms with Crippen molar-refractivity contribution in [3.63, 3.8) is 0 Å². The molecule has 2 saturated heterocycles. The maximum Gasteiger partial charge on any atom is 0.253 e. The van der Waals surface area contributed by atoms with Crippen LogP contribution in [0.3, 0.4) is 0 Å². The van der Waals surface area contributed by atoms with Gasteiger partial charge in [-0.15, -0.1) is 0 Å². The predicted molar refractivity (Wildman–Crippen MR) is 129 cm³/mol. The zero-order valence-electron chi connectivity index (χ0n) is 19.0. The molecule has 0 bridgehead atoms. The van der Waals surface area contributed by atoms with Gasteiger partial charge >= 0.3 is 0 Å². The van der Waals surface area contributed by atoms with Crippen molar-refractivity contribution in [2.45, 2.75) is 50.5 Å². The van der Waals surface area contributed by atoms with Gasteiger partial charge in [0.2, 0.25) is 5.91 Å². The van der Waals surface area contributed by atoms with Crippen LogP contribution in [0.2, 0.25) is 0 Å². The van der Waals surface area contributed by atoms with E-state index in [1.807, 2.05) is 35.2 Å². The first-order valence-electron chi connectivity index (χ1n) is 12.4. The van der Waals surface area contributed by atoms with Crippen LogP contribution in [0.5, 0.6) is 0 Å². The molecule has 3 atom stereocenters. The molecule has 2 aliphatic heterocycles. The summed E-state index contributed by atoms with van der Waals surface area (Å²) in [4.78, 5) is 34.7. The van der Waals surface area contributed by atoms with Gasteiger partial charge in [0, 0.05) is 47.8 Å². The topological polar surface area (TPSA) is 56.4 Å². The number of piperidine rings is 2. The van der Waals surface area contributed by atoms with Gasteiger partial charge in [0.15, 0.2) is 0 Å². The maximum absolute atomic E-state index is 13.9. The maximum atomic E-state index is 13.9. The van der Waals surface area contributed by atoms with E-state index in [0.29, 0.717) is 11.8 Å². The van der Waals surface area contributed by atoms with E-state index in [-0.39, 0.29) is 17.9 Å². The number of amides is 2. The largest absolute Gasteiger partial charge is 0.357 e. The first-order chi connectivity index (χ1) is 16.2. The van der Waals surface area contributed by atoms with Crippen molar-refractivity contribution < 1.29 is 9.59 Å². The zero-order chi connectivity index (χ0) is 22.4. The molecule has 3 heterocycles. The van der Waals surface area contributed by atoms with Crippen LogP contribution in [-0.4, -0.2) is 52.3 Å². The minimum absolute atomic E-state index is 0.0659. The number of aromatic amines is 1. The van der Waals surface area contributed by atoms with E-state index in [0.717, 1.165) is 74.9 Å². The molecule has 0 spiro atoms. The van der Waals surface area contributed by atoms with E-state index in [9.17, 15) is 9.59 Å². The summed E-state index contributed by atoms with van der Waals surface area (Å²) in [5.74, 6) is 0.714. The van der Waals surface area contributed by atoms with Gasteiger partial charge in [-0.1, -0.05) is 36.4 Å². The number of likely N-dealkylation sites (tertiary alicyclic amines) is 2. The number of para-hydroxylation sites is 1. The Morgan fingerprint density at radius 2 is 1.70 bits per heavy atom. The van der Waals surface area contributed by atoms with Crippen molar-refractivity contribution in [2.75, 3.05) is 19.6 Å². The molecule has 3 aliphatic rings. The van der Waals surface area contributed by atoms with Gasteiger partial charge in [0.1, 0.15) is 0 Å². The number of nitrogens with one attached hydrogen (secondary N) is 1. The summed E-state index contributed by atoms with van der Waals surface area (Å²) in [6, 6.07) is 18.3. The highest BCUT2D eigenvalue weighted by atomic mass is 16.2. The van der Waals surface area contributed by atoms with Crippen molar-refractivity contribution >= 4 is 22.7 Å². The van der Waals surface area contributed by atoms with Crippen molar-refractivity contribution in [1.29, 1.82) is 0 Å². The highest BCUT2D eigenvalue weighted by molar-refractivity contribution is 5.94. The van der Waals surface area contributed by atoms with Crippen LogP contribution in [-0.2, 0) is 11.2 Å². The molecule has 5 nitrogen and oxygen atoms in total. The first kappa shape index (κ1) is 20.5. The number of aromatic nitrogens is 1. The standard InChI is InChI=1S/C28H31N3O2/c32-27(19-8-2-1-3-9-19)30-17-15-25-20(18-30)10-7-16-31(25)28(33)23-13-6-12-22-21-11-4-5-14-24(21)29-26(22)23/h1-5,8-9,11,14,20,23,25,29H,6-7,10,12-13,15-18H2/t20-,23?,25+/m1/s1. The van der Waals surface area contributed by atoms with Gasteiger partial charge in [0.05, 0.1) is 5.92 Å². The van der Waals surface area contributed by atoms with Gasteiger partial charge in [-0.25, -0.2) is 0 Å².